The molecule has 0 amide bonds. The molecule has 0 aliphatic rings. The van der Waals surface area contributed by atoms with Crippen LogP contribution in [0.15, 0.2) is 60.4 Å². The number of allylic oxidation sites excluding steroid dienone is 2. The number of carbonyl (C=O) groups is 1. The van der Waals surface area contributed by atoms with Crippen molar-refractivity contribution in [3.8, 4) is 11.1 Å². The number of benzene rings is 2. The first kappa shape index (κ1) is 18.3. The molecule has 0 aliphatic carbocycles. The molecule has 0 fully saturated rings. The number of hydrogen-bond donors (Lipinski definition) is 1. The number of aliphatic hydroxyl groups is 1. The maximum atomic E-state index is 10.0. The van der Waals surface area contributed by atoms with E-state index in [9.17, 15) is 4.79 Å². The maximum absolute atomic E-state index is 10.0. The molecular formula is C17H16O2Pt. The van der Waals surface area contributed by atoms with Gasteiger partial charge in [-0.15, -0.1) is 12.1 Å². The van der Waals surface area contributed by atoms with Gasteiger partial charge in [0, 0.05) is 6.08 Å². The van der Waals surface area contributed by atoms with Crippen LogP contribution in [0.5, 0.6) is 0 Å². The van der Waals surface area contributed by atoms with Gasteiger partial charge in [0.25, 0.3) is 0 Å². The fourth-order valence-electron chi connectivity index (χ4n) is 1.42. The van der Waals surface area contributed by atoms with Gasteiger partial charge in [0.1, 0.15) is 0 Å². The number of ketones is 1. The quantitative estimate of drug-likeness (QED) is 0.430. The first-order valence-corrected chi connectivity index (χ1v) is 5.91. The molecule has 0 spiro atoms. The van der Waals surface area contributed by atoms with Crippen LogP contribution >= 0.6 is 0 Å². The monoisotopic (exact) mass is 447 g/mol. The standard InChI is InChI=1S/C12H8.C5H8O2.Pt/c1-3-7-11(8-4-1)12-9-5-2-6-10-12;1-4(6)3-5(2)7;/h1-7,9H;3,6H,1-2H3;/q-2;;+2. The Morgan fingerprint density at radius 2 is 1.45 bits per heavy atom. The SMILES string of the molecule is CC(=O)C=C(C)O.[Pt+2].[c-]1ccccc1-c1[c-]cccc1. The summed E-state index contributed by atoms with van der Waals surface area (Å²) in [6.07, 6.45) is 1.17. The zero-order valence-electron chi connectivity index (χ0n) is 11.4. The summed E-state index contributed by atoms with van der Waals surface area (Å²) in [4.78, 5) is 10.0. The van der Waals surface area contributed by atoms with Crippen molar-refractivity contribution >= 4 is 5.78 Å². The van der Waals surface area contributed by atoms with Crippen molar-refractivity contribution in [1.29, 1.82) is 0 Å². The molecule has 0 atom stereocenters. The van der Waals surface area contributed by atoms with Gasteiger partial charge in [-0.1, -0.05) is 0 Å². The van der Waals surface area contributed by atoms with Crippen molar-refractivity contribution in [2.75, 3.05) is 0 Å². The Labute approximate surface area is 134 Å². The summed E-state index contributed by atoms with van der Waals surface area (Å²) in [6.45, 7) is 2.85. The molecule has 20 heavy (non-hydrogen) atoms. The van der Waals surface area contributed by atoms with Crippen molar-refractivity contribution < 1.29 is 31.0 Å². The molecule has 2 rings (SSSR count). The van der Waals surface area contributed by atoms with Crippen molar-refractivity contribution in [3.05, 3.63) is 72.5 Å². The maximum Gasteiger partial charge on any atom is 2.00 e. The van der Waals surface area contributed by atoms with E-state index < -0.39 is 0 Å². The Kier molecular flexibility index (Phi) is 9.32. The molecular weight excluding hydrogens is 431 g/mol. The van der Waals surface area contributed by atoms with E-state index in [1.807, 2.05) is 48.5 Å². The minimum Gasteiger partial charge on any atom is -0.512 e. The van der Waals surface area contributed by atoms with Gasteiger partial charge in [0.15, 0.2) is 5.78 Å². The molecule has 0 saturated carbocycles. The van der Waals surface area contributed by atoms with Gasteiger partial charge in [-0.3, -0.25) is 4.79 Å². The smallest absolute Gasteiger partial charge is 0.512 e. The summed E-state index contributed by atoms with van der Waals surface area (Å²) >= 11 is 0. The summed E-state index contributed by atoms with van der Waals surface area (Å²) < 4.78 is 0. The van der Waals surface area contributed by atoms with Crippen molar-refractivity contribution in [2.24, 2.45) is 0 Å². The van der Waals surface area contributed by atoms with Crippen molar-refractivity contribution in [1.82, 2.24) is 0 Å². The Hall–Kier alpha value is -1.66. The number of aliphatic hydroxyl groups excluding tert-OH is 1. The predicted molar refractivity (Wildman–Crippen MR) is 76.6 cm³/mol. The number of hydrogen-bond acceptors (Lipinski definition) is 2. The normalized spacial score (nSPS) is 9.80. The van der Waals surface area contributed by atoms with E-state index in [-0.39, 0.29) is 32.6 Å². The van der Waals surface area contributed by atoms with E-state index in [1.54, 1.807) is 0 Å². The van der Waals surface area contributed by atoms with E-state index in [0.717, 1.165) is 11.1 Å². The first-order chi connectivity index (χ1) is 9.09. The third kappa shape index (κ3) is 7.70. The van der Waals surface area contributed by atoms with Gasteiger partial charge in [-0.2, -0.15) is 48.5 Å². The zero-order valence-corrected chi connectivity index (χ0v) is 13.6. The van der Waals surface area contributed by atoms with Crippen LogP contribution in [0.4, 0.5) is 0 Å². The Bertz CT molecular complexity index is 492. The molecule has 0 radical (unpaired) electrons. The Morgan fingerprint density at radius 1 is 1.00 bits per heavy atom. The second kappa shape index (κ2) is 10.2. The summed E-state index contributed by atoms with van der Waals surface area (Å²) in [5.41, 5.74) is 2.19. The topological polar surface area (TPSA) is 37.3 Å². The van der Waals surface area contributed by atoms with Gasteiger partial charge >= 0.3 is 21.1 Å². The number of carbonyl (C=O) groups excluding carboxylic acids is 1. The molecule has 106 valence electrons. The fourth-order valence-corrected chi connectivity index (χ4v) is 1.42. The van der Waals surface area contributed by atoms with Crippen molar-refractivity contribution in [3.63, 3.8) is 0 Å². The van der Waals surface area contributed by atoms with Crippen LogP contribution in [0.2, 0.25) is 0 Å². The minimum absolute atomic E-state index is 0. The molecule has 0 unspecified atom stereocenters. The average molecular weight is 447 g/mol. The molecule has 3 heteroatoms. The van der Waals surface area contributed by atoms with Crippen LogP contribution in [0.1, 0.15) is 13.8 Å². The van der Waals surface area contributed by atoms with Gasteiger partial charge in [-0.25, -0.2) is 11.1 Å². The van der Waals surface area contributed by atoms with Gasteiger partial charge in [0.05, 0.1) is 5.76 Å². The van der Waals surface area contributed by atoms with Crippen LogP contribution in [-0.2, 0) is 25.9 Å². The molecule has 2 aromatic rings. The number of rotatable bonds is 2. The summed E-state index contributed by atoms with van der Waals surface area (Å²) in [5, 5.41) is 8.36. The van der Waals surface area contributed by atoms with E-state index in [4.69, 9.17) is 5.11 Å². The van der Waals surface area contributed by atoms with Gasteiger partial charge in [-0.05, 0) is 13.8 Å². The second-order valence-corrected chi connectivity index (χ2v) is 3.95. The third-order valence-corrected chi connectivity index (χ3v) is 2.12. The molecule has 0 heterocycles. The summed E-state index contributed by atoms with van der Waals surface area (Å²) in [7, 11) is 0. The molecule has 0 saturated heterocycles. The minimum atomic E-state index is -0.125. The molecule has 1 N–H and O–H groups in total. The molecule has 0 aliphatic heterocycles. The predicted octanol–water partition coefficient (Wildman–Crippen LogP) is 3.99. The van der Waals surface area contributed by atoms with E-state index >= 15 is 0 Å². The van der Waals surface area contributed by atoms with Crippen molar-refractivity contribution in [2.45, 2.75) is 13.8 Å². The molecule has 2 nitrogen and oxygen atoms in total. The van der Waals surface area contributed by atoms with Gasteiger partial charge in [0.2, 0.25) is 0 Å². The van der Waals surface area contributed by atoms with E-state index in [1.165, 1.54) is 19.9 Å². The second-order valence-electron chi connectivity index (χ2n) is 3.95. The van der Waals surface area contributed by atoms with Crippen LogP contribution in [0.25, 0.3) is 11.1 Å². The van der Waals surface area contributed by atoms with Crippen LogP contribution in [0.3, 0.4) is 0 Å². The Balaban J connectivity index is 0.000000396. The first-order valence-electron chi connectivity index (χ1n) is 5.91. The van der Waals surface area contributed by atoms with Gasteiger partial charge < -0.3 is 5.11 Å². The largest absolute Gasteiger partial charge is 2.00 e. The summed E-state index contributed by atoms with van der Waals surface area (Å²) in [6, 6.07) is 22.1. The molecule has 0 bridgehead atoms. The van der Waals surface area contributed by atoms with Crippen LogP contribution < -0.4 is 0 Å². The van der Waals surface area contributed by atoms with Crippen LogP contribution in [-0.4, -0.2) is 10.9 Å². The average Bonchev–Trinajstić information content (AvgIpc) is 2.40. The van der Waals surface area contributed by atoms with Crippen LogP contribution in [0, 0.1) is 12.1 Å². The molecule has 2 aromatic carbocycles. The van der Waals surface area contributed by atoms with E-state index in [2.05, 4.69) is 12.1 Å². The summed E-state index contributed by atoms with van der Waals surface area (Å²) in [5.74, 6) is -0.0625. The van der Waals surface area contributed by atoms with E-state index in [0.29, 0.717) is 0 Å². The third-order valence-electron chi connectivity index (χ3n) is 2.12. The Morgan fingerprint density at radius 3 is 1.65 bits per heavy atom. The fraction of sp³-hybridized carbons (Fsp3) is 0.118. The zero-order chi connectivity index (χ0) is 14.1. The molecule has 0 aromatic heterocycles.